The highest BCUT2D eigenvalue weighted by Gasteiger charge is 1.91. The maximum Gasteiger partial charge on any atom is 0.0703 e. The molecule has 0 aromatic heterocycles. The summed E-state index contributed by atoms with van der Waals surface area (Å²) in [6, 6.07) is 0. The van der Waals surface area contributed by atoms with Crippen molar-refractivity contribution < 1.29 is 24.8 Å². The van der Waals surface area contributed by atoms with E-state index in [1.54, 1.807) is 27.7 Å². The Labute approximate surface area is 112 Å². The lowest BCUT2D eigenvalue weighted by atomic mass is 10.5. The lowest BCUT2D eigenvalue weighted by molar-refractivity contribution is 0.0103. The van der Waals surface area contributed by atoms with Gasteiger partial charge in [0.1, 0.15) is 0 Å². The topological polar surface area (TPSA) is 79.2 Å². The summed E-state index contributed by atoms with van der Waals surface area (Å²) < 4.78 is 10.1. The van der Waals surface area contributed by atoms with Gasteiger partial charge in [0.25, 0.3) is 0 Å². The van der Waals surface area contributed by atoms with E-state index in [1.165, 1.54) is 0 Å². The van der Waals surface area contributed by atoms with Crippen molar-refractivity contribution in [3.63, 3.8) is 0 Å². The number of rotatable bonds is 6. The van der Waals surface area contributed by atoms with Crippen molar-refractivity contribution in [2.75, 3.05) is 26.4 Å². The number of aliphatic hydroxyl groups is 3. The van der Waals surface area contributed by atoms with Crippen molar-refractivity contribution in [2.45, 2.75) is 59.9 Å². The third-order valence-corrected chi connectivity index (χ3v) is 0.914. The molecule has 0 unspecified atom stereocenters. The molecule has 0 saturated heterocycles. The van der Waals surface area contributed by atoms with Crippen molar-refractivity contribution >= 4 is 0 Å². The van der Waals surface area contributed by atoms with Gasteiger partial charge in [0.2, 0.25) is 0 Å². The predicted octanol–water partition coefficient (Wildman–Crippen LogP) is 1.19. The molecule has 0 aliphatic heterocycles. The van der Waals surface area contributed by atoms with Crippen LogP contribution in [0.25, 0.3) is 0 Å². The summed E-state index contributed by atoms with van der Waals surface area (Å²) in [4.78, 5) is 0. The van der Waals surface area contributed by atoms with Gasteiger partial charge in [-0.25, -0.2) is 0 Å². The molecule has 0 aliphatic rings. The van der Waals surface area contributed by atoms with Gasteiger partial charge in [-0.05, 0) is 41.5 Å². The molecule has 0 atom stereocenters. The Balaban J connectivity index is -0.000000233. The average molecular weight is 268 g/mol. The highest BCUT2D eigenvalue weighted by atomic mass is 16.5. The monoisotopic (exact) mass is 268 g/mol. The summed E-state index contributed by atoms with van der Waals surface area (Å²) >= 11 is 0. The van der Waals surface area contributed by atoms with E-state index in [4.69, 9.17) is 24.8 Å². The molecule has 0 bridgehead atoms. The molecular formula is C13H32O5. The SMILES string of the molecule is CC(C)O.CC(C)O.CC(C)OCCOCCO. The Morgan fingerprint density at radius 2 is 1.17 bits per heavy atom. The van der Waals surface area contributed by atoms with Crippen LogP contribution in [-0.2, 0) is 9.47 Å². The first kappa shape index (κ1) is 22.9. The van der Waals surface area contributed by atoms with Crippen LogP contribution in [0, 0.1) is 0 Å². The standard InChI is InChI=1S/C7H16O3.2C3H8O/c1-7(2)10-6-5-9-4-3-8;2*1-3(2)4/h7-8H,3-6H2,1-2H3;2*3-4H,1-2H3. The van der Waals surface area contributed by atoms with Crippen molar-refractivity contribution in [1.29, 1.82) is 0 Å². The van der Waals surface area contributed by atoms with Crippen LogP contribution in [0.2, 0.25) is 0 Å². The number of ether oxygens (including phenoxy) is 2. The Kier molecular flexibility index (Phi) is 24.4. The van der Waals surface area contributed by atoms with Crippen molar-refractivity contribution in [3.05, 3.63) is 0 Å². The maximum atomic E-state index is 8.31. The number of hydrogen-bond donors (Lipinski definition) is 3. The lowest BCUT2D eigenvalue weighted by Crippen LogP contribution is -2.10. The van der Waals surface area contributed by atoms with Crippen molar-refractivity contribution in [1.82, 2.24) is 0 Å². The van der Waals surface area contributed by atoms with E-state index in [2.05, 4.69) is 0 Å². The van der Waals surface area contributed by atoms with E-state index in [1.807, 2.05) is 13.8 Å². The quantitative estimate of drug-likeness (QED) is 0.631. The number of aliphatic hydroxyl groups excluding tert-OH is 3. The molecule has 0 fully saturated rings. The van der Waals surface area contributed by atoms with Crippen LogP contribution in [0.4, 0.5) is 0 Å². The van der Waals surface area contributed by atoms with Gasteiger partial charge in [0, 0.05) is 12.2 Å². The fourth-order valence-electron chi connectivity index (χ4n) is 0.509. The van der Waals surface area contributed by atoms with E-state index >= 15 is 0 Å². The van der Waals surface area contributed by atoms with Gasteiger partial charge < -0.3 is 24.8 Å². The molecular weight excluding hydrogens is 236 g/mol. The third kappa shape index (κ3) is 74.8. The van der Waals surface area contributed by atoms with E-state index in [-0.39, 0.29) is 24.9 Å². The average Bonchev–Trinajstić information content (AvgIpc) is 2.15. The summed E-state index contributed by atoms with van der Waals surface area (Å²) in [5, 5.41) is 24.4. The van der Waals surface area contributed by atoms with Gasteiger partial charge in [0.15, 0.2) is 0 Å². The maximum absolute atomic E-state index is 8.31. The largest absolute Gasteiger partial charge is 0.394 e. The van der Waals surface area contributed by atoms with E-state index in [0.717, 1.165) is 0 Å². The van der Waals surface area contributed by atoms with Gasteiger partial charge in [-0.15, -0.1) is 0 Å². The summed E-state index contributed by atoms with van der Waals surface area (Å²) in [5.41, 5.74) is 0. The highest BCUT2D eigenvalue weighted by molar-refractivity contribution is 4.36. The molecule has 0 amide bonds. The van der Waals surface area contributed by atoms with Gasteiger partial charge >= 0.3 is 0 Å². The summed E-state index contributed by atoms with van der Waals surface area (Å²) in [6.07, 6.45) is -0.0715. The lowest BCUT2D eigenvalue weighted by Gasteiger charge is -2.06. The van der Waals surface area contributed by atoms with Gasteiger partial charge in [-0.1, -0.05) is 0 Å². The molecule has 5 nitrogen and oxygen atoms in total. The highest BCUT2D eigenvalue weighted by Crippen LogP contribution is 1.86. The summed E-state index contributed by atoms with van der Waals surface area (Å²) in [5.74, 6) is 0. The van der Waals surface area contributed by atoms with Crippen LogP contribution in [0.5, 0.6) is 0 Å². The molecule has 0 aromatic rings. The third-order valence-electron chi connectivity index (χ3n) is 0.914. The Bertz CT molecular complexity index is 115. The molecule has 0 aliphatic carbocycles. The van der Waals surface area contributed by atoms with Crippen LogP contribution < -0.4 is 0 Å². The minimum Gasteiger partial charge on any atom is -0.394 e. The molecule has 0 radical (unpaired) electrons. The zero-order valence-electron chi connectivity index (χ0n) is 12.7. The molecule has 5 heteroatoms. The Morgan fingerprint density at radius 1 is 0.778 bits per heavy atom. The smallest absolute Gasteiger partial charge is 0.0703 e. The van der Waals surface area contributed by atoms with Crippen LogP contribution in [0.3, 0.4) is 0 Å². The predicted molar refractivity (Wildman–Crippen MR) is 73.7 cm³/mol. The zero-order valence-corrected chi connectivity index (χ0v) is 12.7. The summed E-state index contributed by atoms with van der Waals surface area (Å²) in [6.45, 7) is 12.5. The van der Waals surface area contributed by atoms with E-state index < -0.39 is 0 Å². The minimum absolute atomic E-state index is 0.0850. The fraction of sp³-hybridized carbons (Fsp3) is 1.00. The minimum atomic E-state index is -0.167. The van der Waals surface area contributed by atoms with Crippen LogP contribution >= 0.6 is 0 Å². The van der Waals surface area contributed by atoms with E-state index in [9.17, 15) is 0 Å². The molecule has 114 valence electrons. The summed E-state index contributed by atoms with van der Waals surface area (Å²) in [7, 11) is 0. The molecule has 3 N–H and O–H groups in total. The molecule has 0 heterocycles. The normalized spacial score (nSPS) is 10.0. The molecule has 0 saturated carbocycles. The first-order chi connectivity index (χ1) is 8.23. The first-order valence-corrected chi connectivity index (χ1v) is 6.40. The Morgan fingerprint density at radius 3 is 1.44 bits per heavy atom. The molecule has 0 spiro atoms. The zero-order chi connectivity index (χ0) is 15.0. The van der Waals surface area contributed by atoms with Crippen LogP contribution in [0.1, 0.15) is 41.5 Å². The van der Waals surface area contributed by atoms with Crippen molar-refractivity contribution in [3.8, 4) is 0 Å². The number of hydrogen-bond acceptors (Lipinski definition) is 5. The van der Waals surface area contributed by atoms with Gasteiger partial charge in [-0.2, -0.15) is 0 Å². The molecule has 18 heavy (non-hydrogen) atoms. The van der Waals surface area contributed by atoms with Crippen LogP contribution in [-0.4, -0.2) is 60.1 Å². The van der Waals surface area contributed by atoms with Gasteiger partial charge in [-0.3, -0.25) is 0 Å². The van der Waals surface area contributed by atoms with Crippen LogP contribution in [0.15, 0.2) is 0 Å². The van der Waals surface area contributed by atoms with E-state index in [0.29, 0.717) is 19.8 Å². The Hall–Kier alpha value is -0.200. The fourth-order valence-corrected chi connectivity index (χ4v) is 0.509. The van der Waals surface area contributed by atoms with Crippen molar-refractivity contribution in [2.24, 2.45) is 0 Å². The second-order valence-corrected chi connectivity index (χ2v) is 4.44. The molecule has 0 rings (SSSR count). The second-order valence-electron chi connectivity index (χ2n) is 4.44. The second kappa shape index (κ2) is 19.1. The first-order valence-electron chi connectivity index (χ1n) is 6.40. The van der Waals surface area contributed by atoms with Gasteiger partial charge in [0.05, 0.1) is 32.5 Å². The molecule has 0 aromatic carbocycles.